The molecule has 0 aliphatic heterocycles. The largest absolute Gasteiger partial charge is 0.461 e. The first-order valence-electron chi connectivity index (χ1n) is 5.57. The summed E-state index contributed by atoms with van der Waals surface area (Å²) in [7, 11) is 0. The first kappa shape index (κ1) is 11.8. The van der Waals surface area contributed by atoms with Crippen molar-refractivity contribution in [2.45, 2.75) is 13.0 Å². The molecule has 3 rings (SSSR count). The second kappa shape index (κ2) is 4.43. The first-order chi connectivity index (χ1) is 8.68. The van der Waals surface area contributed by atoms with E-state index < -0.39 is 6.10 Å². The van der Waals surface area contributed by atoms with Gasteiger partial charge in [-0.05, 0) is 24.4 Å². The Morgan fingerprint density at radius 1 is 1.28 bits per heavy atom. The van der Waals surface area contributed by atoms with E-state index in [0.29, 0.717) is 5.02 Å². The maximum absolute atomic E-state index is 10.5. The molecule has 0 radical (unpaired) electrons. The van der Waals surface area contributed by atoms with Crippen LogP contribution in [0.5, 0.6) is 0 Å². The zero-order valence-corrected chi connectivity index (χ0v) is 11.3. The maximum atomic E-state index is 10.5. The molecule has 2 nitrogen and oxygen atoms in total. The molecule has 0 bridgehead atoms. The molecule has 3 aromatic rings. The number of halogens is 1. The molecule has 1 aromatic carbocycles. The van der Waals surface area contributed by atoms with Crippen molar-refractivity contribution in [2.24, 2.45) is 0 Å². The number of furan rings is 1. The van der Waals surface area contributed by atoms with Crippen LogP contribution in [0.4, 0.5) is 0 Å². The van der Waals surface area contributed by atoms with Crippen LogP contribution >= 0.6 is 22.9 Å². The lowest BCUT2D eigenvalue weighted by Crippen LogP contribution is -1.98. The minimum atomic E-state index is -0.735. The number of rotatable bonds is 2. The fraction of sp³-hybridized carbons (Fsp3) is 0.143. The fourth-order valence-electron chi connectivity index (χ4n) is 2.16. The molecule has 92 valence electrons. The molecule has 18 heavy (non-hydrogen) atoms. The lowest BCUT2D eigenvalue weighted by atomic mass is 10.0. The highest BCUT2D eigenvalue weighted by molar-refractivity contribution is 7.10. The Morgan fingerprint density at radius 3 is 2.78 bits per heavy atom. The maximum Gasteiger partial charge on any atom is 0.134 e. The molecule has 2 aromatic heterocycles. The highest BCUT2D eigenvalue weighted by Crippen LogP contribution is 2.38. The molecule has 1 unspecified atom stereocenters. The van der Waals surface area contributed by atoms with Crippen LogP contribution in [0.3, 0.4) is 0 Å². The van der Waals surface area contributed by atoms with E-state index in [0.717, 1.165) is 27.2 Å². The SMILES string of the molecule is Cc1oc2ccccc2c1C(O)c1sccc1Cl. The van der Waals surface area contributed by atoms with Crippen molar-refractivity contribution in [1.82, 2.24) is 0 Å². The van der Waals surface area contributed by atoms with Crippen molar-refractivity contribution < 1.29 is 9.52 Å². The number of fused-ring (bicyclic) bond motifs is 1. The molecular formula is C14H11ClO2S. The minimum absolute atomic E-state index is 0.595. The molecule has 0 aliphatic carbocycles. The Balaban J connectivity index is 2.20. The second-order valence-corrected chi connectivity index (χ2v) is 5.46. The van der Waals surface area contributed by atoms with E-state index in [9.17, 15) is 5.11 Å². The molecule has 0 saturated heterocycles. The van der Waals surface area contributed by atoms with E-state index in [1.165, 1.54) is 11.3 Å². The summed E-state index contributed by atoms with van der Waals surface area (Å²) in [5.74, 6) is 0.730. The standard InChI is InChI=1S/C14H11ClO2S/c1-8-12(9-4-2-3-5-11(9)17-8)13(16)14-10(15)6-7-18-14/h2-7,13,16H,1H3. The predicted molar refractivity (Wildman–Crippen MR) is 74.3 cm³/mol. The van der Waals surface area contributed by atoms with E-state index in [-0.39, 0.29) is 0 Å². The molecule has 0 amide bonds. The number of hydrogen-bond acceptors (Lipinski definition) is 3. The Morgan fingerprint density at radius 2 is 2.06 bits per heavy atom. The summed E-state index contributed by atoms with van der Waals surface area (Å²) in [5, 5.41) is 13.9. The quantitative estimate of drug-likeness (QED) is 0.747. The number of thiophene rings is 1. The molecule has 1 atom stereocenters. The number of aryl methyl sites for hydroxylation is 1. The van der Waals surface area contributed by atoms with Gasteiger partial charge in [0, 0.05) is 10.9 Å². The van der Waals surface area contributed by atoms with E-state index in [1.807, 2.05) is 36.6 Å². The Bertz CT molecular complexity index is 699. The Hall–Kier alpha value is -1.29. The van der Waals surface area contributed by atoms with Crippen molar-refractivity contribution in [3.8, 4) is 0 Å². The number of aliphatic hydroxyl groups is 1. The van der Waals surface area contributed by atoms with Crippen LogP contribution in [-0.4, -0.2) is 5.11 Å². The minimum Gasteiger partial charge on any atom is -0.461 e. The van der Waals surface area contributed by atoms with Gasteiger partial charge in [0.1, 0.15) is 17.4 Å². The van der Waals surface area contributed by atoms with Crippen molar-refractivity contribution in [3.63, 3.8) is 0 Å². The zero-order chi connectivity index (χ0) is 12.7. The molecular weight excluding hydrogens is 268 g/mol. The zero-order valence-electron chi connectivity index (χ0n) is 9.68. The van der Waals surface area contributed by atoms with Gasteiger partial charge in [0.25, 0.3) is 0 Å². The number of hydrogen-bond donors (Lipinski definition) is 1. The summed E-state index contributed by atoms with van der Waals surface area (Å²) in [5.41, 5.74) is 1.59. The third-order valence-corrected chi connectivity index (χ3v) is 4.40. The van der Waals surface area contributed by atoms with Crippen LogP contribution in [0.25, 0.3) is 11.0 Å². The van der Waals surface area contributed by atoms with Gasteiger partial charge in [-0.15, -0.1) is 11.3 Å². The van der Waals surface area contributed by atoms with Crippen LogP contribution in [-0.2, 0) is 0 Å². The van der Waals surface area contributed by atoms with Gasteiger partial charge < -0.3 is 9.52 Å². The molecule has 1 N–H and O–H groups in total. The summed E-state index contributed by atoms with van der Waals surface area (Å²) in [6.45, 7) is 1.86. The summed E-state index contributed by atoms with van der Waals surface area (Å²) in [6.07, 6.45) is -0.735. The summed E-state index contributed by atoms with van der Waals surface area (Å²) >= 11 is 7.52. The van der Waals surface area contributed by atoms with E-state index >= 15 is 0 Å². The van der Waals surface area contributed by atoms with Crippen LogP contribution in [0, 0.1) is 6.92 Å². The van der Waals surface area contributed by atoms with Gasteiger partial charge in [-0.1, -0.05) is 29.8 Å². The van der Waals surface area contributed by atoms with Gasteiger partial charge in [0.05, 0.1) is 9.90 Å². The second-order valence-electron chi connectivity index (χ2n) is 4.10. The average Bonchev–Trinajstić information content (AvgIpc) is 2.91. The van der Waals surface area contributed by atoms with Gasteiger partial charge >= 0.3 is 0 Å². The number of para-hydroxylation sites is 1. The van der Waals surface area contributed by atoms with Crippen molar-refractivity contribution >= 4 is 33.9 Å². The lowest BCUT2D eigenvalue weighted by Gasteiger charge is -2.09. The van der Waals surface area contributed by atoms with E-state index in [4.69, 9.17) is 16.0 Å². The number of benzene rings is 1. The normalized spacial score (nSPS) is 13.1. The van der Waals surface area contributed by atoms with Crippen molar-refractivity contribution in [3.05, 3.63) is 56.9 Å². The van der Waals surface area contributed by atoms with E-state index in [1.54, 1.807) is 6.07 Å². The molecule has 4 heteroatoms. The van der Waals surface area contributed by atoms with Crippen LogP contribution in [0.15, 0.2) is 40.1 Å². The van der Waals surface area contributed by atoms with Gasteiger partial charge in [-0.25, -0.2) is 0 Å². The highest BCUT2D eigenvalue weighted by atomic mass is 35.5. The molecule has 2 heterocycles. The summed E-state index contributed by atoms with van der Waals surface area (Å²) in [4.78, 5) is 0.756. The number of aliphatic hydroxyl groups excluding tert-OH is 1. The average molecular weight is 279 g/mol. The smallest absolute Gasteiger partial charge is 0.134 e. The van der Waals surface area contributed by atoms with Gasteiger partial charge in [0.2, 0.25) is 0 Å². The third-order valence-electron chi connectivity index (χ3n) is 2.99. The molecule has 0 aliphatic rings. The Kier molecular flexibility index (Phi) is 2.90. The monoisotopic (exact) mass is 278 g/mol. The fourth-order valence-corrected chi connectivity index (χ4v) is 3.31. The first-order valence-corrected chi connectivity index (χ1v) is 6.83. The predicted octanol–water partition coefficient (Wildman–Crippen LogP) is 4.54. The van der Waals surface area contributed by atoms with E-state index in [2.05, 4.69) is 0 Å². The van der Waals surface area contributed by atoms with Crippen LogP contribution in [0.2, 0.25) is 5.02 Å². The Labute approximate surface area is 113 Å². The summed E-state index contributed by atoms with van der Waals surface area (Å²) < 4.78 is 5.66. The van der Waals surface area contributed by atoms with Crippen LogP contribution < -0.4 is 0 Å². The van der Waals surface area contributed by atoms with Crippen molar-refractivity contribution in [1.29, 1.82) is 0 Å². The highest BCUT2D eigenvalue weighted by Gasteiger charge is 2.22. The van der Waals surface area contributed by atoms with Crippen molar-refractivity contribution in [2.75, 3.05) is 0 Å². The van der Waals surface area contributed by atoms with Crippen LogP contribution in [0.1, 0.15) is 22.3 Å². The van der Waals surface area contributed by atoms with Gasteiger partial charge in [-0.2, -0.15) is 0 Å². The molecule has 0 spiro atoms. The summed E-state index contributed by atoms with van der Waals surface area (Å²) in [6, 6.07) is 9.49. The third kappa shape index (κ3) is 1.75. The van der Waals surface area contributed by atoms with Gasteiger partial charge in [0.15, 0.2) is 0 Å². The topological polar surface area (TPSA) is 33.4 Å². The molecule has 0 saturated carbocycles. The lowest BCUT2D eigenvalue weighted by molar-refractivity contribution is 0.223. The van der Waals surface area contributed by atoms with Gasteiger partial charge in [-0.3, -0.25) is 0 Å². The molecule has 0 fully saturated rings.